The van der Waals surface area contributed by atoms with E-state index >= 15 is 0 Å². The number of aromatic nitrogens is 1. The molecule has 1 aromatic carbocycles. The van der Waals surface area contributed by atoms with Crippen molar-refractivity contribution >= 4 is 22.7 Å². The van der Waals surface area contributed by atoms with Crippen LogP contribution in [0.15, 0.2) is 22.6 Å². The van der Waals surface area contributed by atoms with Crippen LogP contribution < -0.4 is 11.1 Å². The number of nitrogens with one attached hydrogen (secondary N) is 1. The summed E-state index contributed by atoms with van der Waals surface area (Å²) in [4.78, 5) is 16.2. The minimum Gasteiger partial charge on any atom is -0.441 e. The molecule has 1 heterocycles. The van der Waals surface area contributed by atoms with Gasteiger partial charge in [-0.3, -0.25) is 4.79 Å². The molecular weight excluding hydrogens is 230 g/mol. The molecule has 0 atom stereocenters. The molecule has 1 aliphatic rings. The van der Waals surface area contributed by atoms with Gasteiger partial charge >= 0.3 is 0 Å². The van der Waals surface area contributed by atoms with Crippen LogP contribution in [0.1, 0.15) is 18.7 Å². The van der Waals surface area contributed by atoms with Crippen LogP contribution in [0.5, 0.6) is 0 Å². The lowest BCUT2D eigenvalue weighted by molar-refractivity contribution is -0.120. The summed E-state index contributed by atoms with van der Waals surface area (Å²) in [6.07, 6.45) is 1.75. The van der Waals surface area contributed by atoms with Crippen molar-refractivity contribution in [1.29, 1.82) is 0 Å². The van der Waals surface area contributed by atoms with Crippen LogP contribution in [0.25, 0.3) is 11.1 Å². The number of nitrogens with zero attached hydrogens (tertiary/aromatic N) is 1. The van der Waals surface area contributed by atoms with Gasteiger partial charge in [0.05, 0.1) is 5.41 Å². The first-order valence-electron chi connectivity index (χ1n) is 6.02. The quantitative estimate of drug-likeness (QED) is 0.864. The largest absolute Gasteiger partial charge is 0.441 e. The monoisotopic (exact) mass is 245 g/mol. The Kier molecular flexibility index (Phi) is 2.38. The number of hydrogen-bond acceptors (Lipinski definition) is 4. The lowest BCUT2D eigenvalue weighted by Crippen LogP contribution is -2.30. The summed E-state index contributed by atoms with van der Waals surface area (Å²) in [5.74, 6) is 0.620. The van der Waals surface area contributed by atoms with Gasteiger partial charge in [-0.1, -0.05) is 0 Å². The zero-order valence-electron chi connectivity index (χ0n) is 10.2. The Balaban J connectivity index is 1.84. The van der Waals surface area contributed by atoms with Crippen molar-refractivity contribution in [2.45, 2.75) is 19.8 Å². The van der Waals surface area contributed by atoms with E-state index in [0.29, 0.717) is 18.0 Å². The molecule has 18 heavy (non-hydrogen) atoms. The molecule has 1 fully saturated rings. The van der Waals surface area contributed by atoms with Crippen molar-refractivity contribution in [3.63, 3.8) is 0 Å². The van der Waals surface area contributed by atoms with E-state index in [4.69, 9.17) is 10.2 Å². The van der Waals surface area contributed by atoms with E-state index in [-0.39, 0.29) is 11.3 Å². The van der Waals surface area contributed by atoms with Crippen LogP contribution in [0, 0.1) is 12.3 Å². The molecule has 0 saturated heterocycles. The number of fused-ring (bicyclic) bond motifs is 1. The van der Waals surface area contributed by atoms with Crippen molar-refractivity contribution in [3.8, 4) is 0 Å². The van der Waals surface area contributed by atoms with Crippen molar-refractivity contribution in [3.05, 3.63) is 24.1 Å². The first kappa shape index (κ1) is 11.2. The van der Waals surface area contributed by atoms with Gasteiger partial charge in [-0.2, -0.15) is 0 Å². The Morgan fingerprint density at radius 1 is 1.56 bits per heavy atom. The van der Waals surface area contributed by atoms with Crippen LogP contribution >= 0.6 is 0 Å². The fourth-order valence-corrected chi connectivity index (χ4v) is 2.06. The topological polar surface area (TPSA) is 81.2 Å². The Bertz CT molecular complexity index is 614. The van der Waals surface area contributed by atoms with Crippen LogP contribution in [-0.4, -0.2) is 17.4 Å². The van der Waals surface area contributed by atoms with Gasteiger partial charge < -0.3 is 15.5 Å². The van der Waals surface area contributed by atoms with Gasteiger partial charge in [-0.05, 0) is 25.0 Å². The van der Waals surface area contributed by atoms with Gasteiger partial charge in [0.15, 0.2) is 11.5 Å². The Morgan fingerprint density at radius 2 is 2.33 bits per heavy atom. The zero-order chi connectivity index (χ0) is 12.8. The second kappa shape index (κ2) is 3.81. The molecule has 3 rings (SSSR count). The normalized spacial score (nSPS) is 16.8. The lowest BCUT2D eigenvalue weighted by Gasteiger charge is -2.12. The smallest absolute Gasteiger partial charge is 0.231 e. The average Bonchev–Trinajstić information content (AvgIpc) is 3.06. The third kappa shape index (κ3) is 1.76. The number of carbonyl (C=O) groups is 1. The Labute approximate surface area is 104 Å². The van der Waals surface area contributed by atoms with Gasteiger partial charge in [0.25, 0.3) is 0 Å². The van der Waals surface area contributed by atoms with E-state index in [0.717, 1.165) is 24.0 Å². The molecule has 5 heteroatoms. The van der Waals surface area contributed by atoms with Crippen molar-refractivity contribution < 1.29 is 9.21 Å². The minimum absolute atomic E-state index is 0.000544. The summed E-state index contributed by atoms with van der Waals surface area (Å²) in [5.41, 5.74) is 7.49. The number of aryl methyl sites for hydroxylation is 1. The van der Waals surface area contributed by atoms with Crippen LogP contribution in [0.3, 0.4) is 0 Å². The number of carbonyl (C=O) groups excluding carboxylic acids is 1. The molecule has 0 aliphatic heterocycles. The average molecular weight is 245 g/mol. The zero-order valence-corrected chi connectivity index (χ0v) is 10.2. The Hall–Kier alpha value is -1.88. The maximum Gasteiger partial charge on any atom is 0.231 e. The summed E-state index contributed by atoms with van der Waals surface area (Å²) in [5, 5.41) is 2.89. The third-order valence-corrected chi connectivity index (χ3v) is 3.48. The van der Waals surface area contributed by atoms with Gasteiger partial charge in [-0.15, -0.1) is 0 Å². The first-order valence-corrected chi connectivity index (χ1v) is 6.02. The molecule has 3 N–H and O–H groups in total. The van der Waals surface area contributed by atoms with Crippen molar-refractivity contribution in [1.82, 2.24) is 4.98 Å². The Morgan fingerprint density at radius 3 is 3.00 bits per heavy atom. The third-order valence-electron chi connectivity index (χ3n) is 3.48. The van der Waals surface area contributed by atoms with Crippen LogP contribution in [0.4, 0.5) is 5.69 Å². The number of rotatable bonds is 3. The molecular formula is C13H15N3O2. The molecule has 0 spiro atoms. The summed E-state index contributed by atoms with van der Waals surface area (Å²) >= 11 is 0. The summed E-state index contributed by atoms with van der Waals surface area (Å²) in [6, 6.07) is 5.46. The second-order valence-electron chi connectivity index (χ2n) is 4.85. The highest BCUT2D eigenvalue weighted by Gasteiger charge is 2.48. The molecule has 1 aromatic heterocycles. The summed E-state index contributed by atoms with van der Waals surface area (Å²) in [7, 11) is 0. The fraction of sp³-hybridized carbons (Fsp3) is 0.385. The van der Waals surface area contributed by atoms with Crippen molar-refractivity contribution in [2.24, 2.45) is 11.1 Å². The molecule has 5 nitrogen and oxygen atoms in total. The molecule has 1 aliphatic carbocycles. The second-order valence-corrected chi connectivity index (χ2v) is 4.85. The molecule has 1 saturated carbocycles. The predicted octanol–water partition coefficient (Wildman–Crippen LogP) is 1.81. The minimum atomic E-state index is -0.341. The number of nitrogens with two attached hydrogens (primary N) is 1. The highest BCUT2D eigenvalue weighted by Crippen LogP contribution is 2.45. The molecule has 94 valence electrons. The standard InChI is InChI=1S/C13H15N3O2/c1-8-15-10-3-2-9(6-11(10)18-8)16-12(17)13(7-14)4-5-13/h2-3,6H,4-5,7,14H2,1H3,(H,16,17). The van der Waals surface area contributed by atoms with Crippen molar-refractivity contribution in [2.75, 3.05) is 11.9 Å². The molecule has 1 amide bonds. The molecule has 0 radical (unpaired) electrons. The van der Waals surface area contributed by atoms with Crippen LogP contribution in [-0.2, 0) is 4.79 Å². The van der Waals surface area contributed by atoms with Gasteiger partial charge in [0, 0.05) is 25.2 Å². The maximum absolute atomic E-state index is 12.0. The summed E-state index contributed by atoms with van der Waals surface area (Å²) in [6.45, 7) is 2.20. The summed E-state index contributed by atoms with van der Waals surface area (Å²) < 4.78 is 5.43. The number of benzene rings is 1. The number of oxazole rings is 1. The number of anilines is 1. The molecule has 0 unspecified atom stereocenters. The van der Waals surface area contributed by atoms with E-state index in [1.54, 1.807) is 13.0 Å². The van der Waals surface area contributed by atoms with Gasteiger partial charge in [-0.25, -0.2) is 4.98 Å². The van der Waals surface area contributed by atoms with E-state index in [1.165, 1.54) is 0 Å². The van der Waals surface area contributed by atoms with E-state index in [1.807, 2.05) is 12.1 Å². The molecule has 2 aromatic rings. The SMILES string of the molecule is Cc1nc2ccc(NC(=O)C3(CN)CC3)cc2o1. The van der Waals surface area contributed by atoms with E-state index < -0.39 is 0 Å². The fourth-order valence-electron chi connectivity index (χ4n) is 2.06. The number of amides is 1. The highest BCUT2D eigenvalue weighted by molar-refractivity contribution is 5.98. The first-order chi connectivity index (χ1) is 8.63. The molecule has 0 bridgehead atoms. The van der Waals surface area contributed by atoms with Gasteiger partial charge in [0.2, 0.25) is 5.91 Å². The van der Waals surface area contributed by atoms with E-state index in [2.05, 4.69) is 10.3 Å². The maximum atomic E-state index is 12.0. The number of hydrogen-bond donors (Lipinski definition) is 2. The van der Waals surface area contributed by atoms with Crippen LogP contribution in [0.2, 0.25) is 0 Å². The van der Waals surface area contributed by atoms with Gasteiger partial charge in [0.1, 0.15) is 5.52 Å². The lowest BCUT2D eigenvalue weighted by atomic mass is 10.1. The van der Waals surface area contributed by atoms with E-state index in [9.17, 15) is 4.79 Å². The predicted molar refractivity (Wildman–Crippen MR) is 68.1 cm³/mol. The highest BCUT2D eigenvalue weighted by atomic mass is 16.3.